The summed E-state index contributed by atoms with van der Waals surface area (Å²) in [6.45, 7) is 3.59. The molecule has 2 rings (SSSR count). The Labute approximate surface area is 132 Å². The Kier molecular flexibility index (Phi) is 5.03. The van der Waals surface area contributed by atoms with E-state index in [1.807, 2.05) is 31.4 Å². The van der Waals surface area contributed by atoms with Crippen molar-refractivity contribution in [2.45, 2.75) is 13.8 Å². The monoisotopic (exact) mass is 319 g/mol. The van der Waals surface area contributed by atoms with Gasteiger partial charge in [-0.15, -0.1) is 11.3 Å². The van der Waals surface area contributed by atoms with E-state index in [0.717, 1.165) is 16.7 Å². The predicted octanol–water partition coefficient (Wildman–Crippen LogP) is 3.61. The number of amides is 1. The number of anilines is 1. The number of aliphatic hydroxyl groups excluding tert-OH is 1. The summed E-state index contributed by atoms with van der Waals surface area (Å²) in [5.74, 6) is 5.23. The summed E-state index contributed by atoms with van der Waals surface area (Å²) in [4.78, 5) is 12.7. The molecule has 1 aromatic heterocycles. The molecule has 0 aliphatic carbocycles. The SMILES string of the molecule is Cc1ccc(NC(=O)c2scc(C)c2Cl)cc1C#CCO. The highest BCUT2D eigenvalue weighted by Crippen LogP contribution is 2.28. The Morgan fingerprint density at radius 3 is 2.76 bits per heavy atom. The van der Waals surface area contributed by atoms with Gasteiger partial charge in [0.05, 0.1) is 5.02 Å². The van der Waals surface area contributed by atoms with Gasteiger partial charge in [-0.1, -0.05) is 29.5 Å². The molecule has 0 atom stereocenters. The number of nitrogens with one attached hydrogen (secondary N) is 1. The van der Waals surface area contributed by atoms with Crippen LogP contribution in [-0.4, -0.2) is 17.6 Å². The Morgan fingerprint density at radius 2 is 2.14 bits per heavy atom. The molecule has 21 heavy (non-hydrogen) atoms. The fourth-order valence-corrected chi connectivity index (χ4v) is 2.91. The first-order valence-corrected chi connectivity index (χ1v) is 7.54. The summed E-state index contributed by atoms with van der Waals surface area (Å²) in [6.07, 6.45) is 0. The summed E-state index contributed by atoms with van der Waals surface area (Å²) >= 11 is 7.41. The van der Waals surface area contributed by atoms with E-state index in [1.165, 1.54) is 11.3 Å². The van der Waals surface area contributed by atoms with Gasteiger partial charge in [0.25, 0.3) is 5.91 Å². The molecular weight excluding hydrogens is 306 g/mol. The second kappa shape index (κ2) is 6.77. The molecule has 1 amide bonds. The van der Waals surface area contributed by atoms with Crippen LogP contribution in [0.1, 0.15) is 26.4 Å². The van der Waals surface area contributed by atoms with Crippen molar-refractivity contribution in [3.05, 3.63) is 50.2 Å². The molecule has 1 aromatic carbocycles. The van der Waals surface area contributed by atoms with E-state index in [2.05, 4.69) is 17.2 Å². The fraction of sp³-hybridized carbons (Fsp3) is 0.188. The minimum absolute atomic E-state index is 0.194. The largest absolute Gasteiger partial charge is 0.384 e. The highest BCUT2D eigenvalue weighted by molar-refractivity contribution is 7.13. The van der Waals surface area contributed by atoms with Gasteiger partial charge in [0, 0.05) is 11.3 Å². The van der Waals surface area contributed by atoms with E-state index >= 15 is 0 Å². The van der Waals surface area contributed by atoms with Gasteiger partial charge < -0.3 is 10.4 Å². The Hall–Kier alpha value is -1.80. The quantitative estimate of drug-likeness (QED) is 0.831. The molecule has 0 radical (unpaired) electrons. The first kappa shape index (κ1) is 15.6. The van der Waals surface area contributed by atoms with Crippen molar-refractivity contribution in [2.24, 2.45) is 0 Å². The molecule has 0 saturated heterocycles. The van der Waals surface area contributed by atoms with Crippen molar-refractivity contribution >= 4 is 34.5 Å². The minimum Gasteiger partial charge on any atom is -0.384 e. The summed E-state index contributed by atoms with van der Waals surface area (Å²) in [5, 5.41) is 13.9. The van der Waals surface area contributed by atoms with Gasteiger partial charge in [-0.2, -0.15) is 0 Å². The summed E-state index contributed by atoms with van der Waals surface area (Å²) in [6, 6.07) is 5.47. The van der Waals surface area contributed by atoms with Crippen LogP contribution in [0.5, 0.6) is 0 Å². The molecule has 0 bridgehead atoms. The molecule has 0 fully saturated rings. The molecule has 2 aromatic rings. The minimum atomic E-state index is -0.233. The molecule has 0 aliphatic rings. The van der Waals surface area contributed by atoms with Crippen molar-refractivity contribution < 1.29 is 9.90 Å². The first-order valence-electron chi connectivity index (χ1n) is 6.28. The van der Waals surface area contributed by atoms with Gasteiger partial charge in [0.1, 0.15) is 11.5 Å². The van der Waals surface area contributed by atoms with Crippen LogP contribution in [0.15, 0.2) is 23.6 Å². The number of aliphatic hydroxyl groups is 1. The van der Waals surface area contributed by atoms with Crippen LogP contribution in [0.2, 0.25) is 5.02 Å². The third-order valence-corrected chi connectivity index (χ3v) is 4.60. The maximum absolute atomic E-state index is 12.2. The lowest BCUT2D eigenvalue weighted by atomic mass is 10.1. The molecule has 5 heteroatoms. The average Bonchev–Trinajstić information content (AvgIpc) is 2.79. The van der Waals surface area contributed by atoms with Crippen molar-refractivity contribution in [3.8, 4) is 11.8 Å². The van der Waals surface area contributed by atoms with E-state index in [1.54, 1.807) is 6.07 Å². The molecule has 3 nitrogen and oxygen atoms in total. The molecular formula is C16H14ClNO2S. The Morgan fingerprint density at radius 1 is 1.38 bits per heavy atom. The predicted molar refractivity (Wildman–Crippen MR) is 87.2 cm³/mol. The van der Waals surface area contributed by atoms with Gasteiger partial charge in [-0.25, -0.2) is 0 Å². The van der Waals surface area contributed by atoms with Crippen LogP contribution >= 0.6 is 22.9 Å². The third kappa shape index (κ3) is 3.64. The molecule has 2 N–H and O–H groups in total. The average molecular weight is 320 g/mol. The lowest BCUT2D eigenvalue weighted by Gasteiger charge is -2.06. The normalized spacial score (nSPS) is 9.90. The van der Waals surface area contributed by atoms with Gasteiger partial charge in [-0.05, 0) is 42.5 Å². The van der Waals surface area contributed by atoms with Gasteiger partial charge >= 0.3 is 0 Å². The number of benzene rings is 1. The second-order valence-electron chi connectivity index (χ2n) is 4.51. The lowest BCUT2D eigenvalue weighted by Crippen LogP contribution is -2.11. The molecule has 0 aliphatic heterocycles. The molecule has 0 spiro atoms. The molecule has 0 unspecified atom stereocenters. The maximum atomic E-state index is 12.2. The molecule has 0 saturated carbocycles. The molecule has 108 valence electrons. The lowest BCUT2D eigenvalue weighted by molar-refractivity contribution is 0.103. The van der Waals surface area contributed by atoms with E-state index in [-0.39, 0.29) is 12.5 Å². The van der Waals surface area contributed by atoms with Crippen LogP contribution in [0.4, 0.5) is 5.69 Å². The van der Waals surface area contributed by atoms with E-state index < -0.39 is 0 Å². The van der Waals surface area contributed by atoms with E-state index in [4.69, 9.17) is 16.7 Å². The number of hydrogen-bond donors (Lipinski definition) is 2. The summed E-state index contributed by atoms with van der Waals surface area (Å²) in [5.41, 5.74) is 3.30. The van der Waals surface area contributed by atoms with Crippen LogP contribution in [-0.2, 0) is 0 Å². The zero-order valence-corrected chi connectivity index (χ0v) is 13.2. The van der Waals surface area contributed by atoms with Crippen molar-refractivity contribution in [3.63, 3.8) is 0 Å². The third-order valence-electron chi connectivity index (χ3n) is 2.90. The number of thiophene rings is 1. The van der Waals surface area contributed by atoms with Crippen molar-refractivity contribution in [1.29, 1.82) is 0 Å². The van der Waals surface area contributed by atoms with E-state index in [9.17, 15) is 4.79 Å². The first-order chi connectivity index (χ1) is 10.0. The van der Waals surface area contributed by atoms with E-state index in [0.29, 0.717) is 15.6 Å². The van der Waals surface area contributed by atoms with Crippen LogP contribution in [0.25, 0.3) is 0 Å². The van der Waals surface area contributed by atoms with Gasteiger partial charge in [-0.3, -0.25) is 4.79 Å². The number of halogens is 1. The number of aryl methyl sites for hydroxylation is 2. The Bertz CT molecular complexity index is 740. The van der Waals surface area contributed by atoms with Crippen LogP contribution in [0.3, 0.4) is 0 Å². The highest BCUT2D eigenvalue weighted by atomic mass is 35.5. The number of rotatable bonds is 2. The van der Waals surface area contributed by atoms with Crippen molar-refractivity contribution in [1.82, 2.24) is 0 Å². The second-order valence-corrected chi connectivity index (χ2v) is 5.76. The number of hydrogen-bond acceptors (Lipinski definition) is 3. The van der Waals surface area contributed by atoms with Gasteiger partial charge in [0.15, 0.2) is 0 Å². The molecule has 1 heterocycles. The van der Waals surface area contributed by atoms with Crippen molar-refractivity contribution in [2.75, 3.05) is 11.9 Å². The maximum Gasteiger partial charge on any atom is 0.267 e. The zero-order chi connectivity index (χ0) is 15.4. The highest BCUT2D eigenvalue weighted by Gasteiger charge is 2.14. The van der Waals surface area contributed by atoms with Gasteiger partial charge in [0.2, 0.25) is 0 Å². The summed E-state index contributed by atoms with van der Waals surface area (Å²) < 4.78 is 0. The number of carbonyl (C=O) groups is 1. The Balaban J connectivity index is 2.24. The fourth-order valence-electron chi connectivity index (χ4n) is 1.74. The standard InChI is InChI=1S/C16H14ClNO2S/c1-10-5-6-13(8-12(10)4-3-7-19)18-16(20)15-14(17)11(2)9-21-15/h5-6,8-9,19H,7H2,1-2H3,(H,18,20). The van der Waals surface area contributed by atoms with Crippen LogP contribution < -0.4 is 5.32 Å². The zero-order valence-electron chi connectivity index (χ0n) is 11.7. The topological polar surface area (TPSA) is 49.3 Å². The number of carbonyl (C=O) groups excluding carboxylic acids is 1. The van der Waals surface area contributed by atoms with Crippen LogP contribution in [0, 0.1) is 25.7 Å². The summed E-state index contributed by atoms with van der Waals surface area (Å²) in [7, 11) is 0. The smallest absolute Gasteiger partial charge is 0.267 e.